The lowest BCUT2D eigenvalue weighted by molar-refractivity contribution is 0.0944. The summed E-state index contributed by atoms with van der Waals surface area (Å²) in [5, 5.41) is 5.18. The second-order valence-electron chi connectivity index (χ2n) is 7.71. The number of fused-ring (bicyclic) bond motifs is 1. The van der Waals surface area contributed by atoms with Gasteiger partial charge in [0.2, 0.25) is 0 Å². The molecule has 1 aliphatic heterocycles. The van der Waals surface area contributed by atoms with E-state index in [2.05, 4.69) is 24.1 Å². The number of carbonyl (C=O) groups excluding carboxylic acids is 1. The Bertz CT molecular complexity index is 749. The number of nitrogens with zero attached hydrogens (tertiary/aromatic N) is 1. The summed E-state index contributed by atoms with van der Waals surface area (Å²) in [5.74, 6) is 2.11. The normalized spacial score (nSPS) is 20.9. The van der Waals surface area contributed by atoms with Crippen molar-refractivity contribution >= 4 is 16.7 Å². The van der Waals surface area contributed by atoms with E-state index in [1.54, 1.807) is 7.11 Å². The highest BCUT2D eigenvalue weighted by molar-refractivity contribution is 6.01. The van der Waals surface area contributed by atoms with E-state index in [0.29, 0.717) is 17.9 Å². The number of likely N-dealkylation sites (tertiary alicyclic amines) is 1. The largest absolute Gasteiger partial charge is 0.496 e. The van der Waals surface area contributed by atoms with Gasteiger partial charge in [-0.1, -0.05) is 38.1 Å². The highest BCUT2D eigenvalue weighted by Gasteiger charge is 2.21. The van der Waals surface area contributed by atoms with Gasteiger partial charge in [0.15, 0.2) is 0 Å². The number of piperidine rings is 1. The molecule has 3 rings (SSSR count). The van der Waals surface area contributed by atoms with Gasteiger partial charge in [0, 0.05) is 19.6 Å². The van der Waals surface area contributed by atoms with Crippen LogP contribution in [0.3, 0.4) is 0 Å². The molecule has 140 valence electrons. The Hall–Kier alpha value is -2.07. The third kappa shape index (κ3) is 4.55. The molecule has 1 heterocycles. The van der Waals surface area contributed by atoms with Crippen LogP contribution in [0.25, 0.3) is 10.8 Å². The third-order valence-electron chi connectivity index (χ3n) is 5.19. The average Bonchev–Trinajstić information content (AvgIpc) is 2.63. The van der Waals surface area contributed by atoms with E-state index < -0.39 is 0 Å². The molecule has 0 saturated carbocycles. The van der Waals surface area contributed by atoms with Gasteiger partial charge in [0.25, 0.3) is 5.91 Å². The van der Waals surface area contributed by atoms with Crippen molar-refractivity contribution in [2.24, 2.45) is 11.8 Å². The molecule has 2 atom stereocenters. The highest BCUT2D eigenvalue weighted by atomic mass is 16.5. The van der Waals surface area contributed by atoms with Crippen LogP contribution in [0.15, 0.2) is 36.4 Å². The lowest BCUT2D eigenvalue weighted by atomic mass is 9.92. The standard InChI is InChI=1S/C22H30N2O2/c1-16-11-17(2)15-24(14-16)10-6-9-23-22(25)20-12-18-7-4-5-8-19(18)13-21(20)26-3/h4-5,7-8,12-13,16-17H,6,9-11,14-15H2,1-3H3,(H,23,25)/t16-,17-/m0/s1. The van der Waals surface area contributed by atoms with Crippen molar-refractivity contribution < 1.29 is 9.53 Å². The summed E-state index contributed by atoms with van der Waals surface area (Å²) >= 11 is 0. The molecule has 0 unspecified atom stereocenters. The third-order valence-corrected chi connectivity index (χ3v) is 5.19. The first-order valence-corrected chi connectivity index (χ1v) is 9.64. The van der Waals surface area contributed by atoms with Gasteiger partial charge >= 0.3 is 0 Å². The van der Waals surface area contributed by atoms with Crippen molar-refractivity contribution in [2.45, 2.75) is 26.7 Å². The number of hydrogen-bond acceptors (Lipinski definition) is 3. The lowest BCUT2D eigenvalue weighted by Gasteiger charge is -2.34. The van der Waals surface area contributed by atoms with Crippen LogP contribution in [0.1, 0.15) is 37.0 Å². The van der Waals surface area contributed by atoms with Crippen LogP contribution in [-0.2, 0) is 0 Å². The van der Waals surface area contributed by atoms with Crippen LogP contribution in [-0.4, -0.2) is 44.1 Å². The summed E-state index contributed by atoms with van der Waals surface area (Å²) < 4.78 is 5.43. The summed E-state index contributed by atoms with van der Waals surface area (Å²) in [6, 6.07) is 11.9. The zero-order chi connectivity index (χ0) is 18.5. The molecule has 0 spiro atoms. The molecular weight excluding hydrogens is 324 g/mol. The molecule has 4 nitrogen and oxygen atoms in total. The maximum absolute atomic E-state index is 12.6. The molecule has 1 fully saturated rings. The minimum absolute atomic E-state index is 0.0621. The Morgan fingerprint density at radius 3 is 2.46 bits per heavy atom. The Kier molecular flexibility index (Phi) is 6.15. The topological polar surface area (TPSA) is 41.6 Å². The maximum atomic E-state index is 12.6. The van der Waals surface area contributed by atoms with Crippen LogP contribution in [0.4, 0.5) is 0 Å². The molecular formula is C22H30N2O2. The fraction of sp³-hybridized carbons (Fsp3) is 0.500. The van der Waals surface area contributed by atoms with E-state index in [-0.39, 0.29) is 5.91 Å². The summed E-state index contributed by atoms with van der Waals surface area (Å²) in [5.41, 5.74) is 0.603. The molecule has 0 radical (unpaired) electrons. The van der Waals surface area contributed by atoms with Gasteiger partial charge < -0.3 is 15.0 Å². The number of hydrogen-bond donors (Lipinski definition) is 1. The fourth-order valence-corrected chi connectivity index (χ4v) is 4.14. The predicted octanol–water partition coefficient (Wildman–Crippen LogP) is 3.95. The number of carbonyl (C=O) groups is 1. The van der Waals surface area contributed by atoms with Gasteiger partial charge in [-0.2, -0.15) is 0 Å². The Morgan fingerprint density at radius 2 is 1.81 bits per heavy atom. The summed E-state index contributed by atoms with van der Waals surface area (Å²) in [6.07, 6.45) is 2.30. The van der Waals surface area contributed by atoms with Gasteiger partial charge in [-0.3, -0.25) is 4.79 Å². The van der Waals surface area contributed by atoms with Crippen molar-refractivity contribution in [1.29, 1.82) is 0 Å². The Balaban J connectivity index is 1.55. The summed E-state index contributed by atoms with van der Waals surface area (Å²) in [6.45, 7) is 8.75. The minimum Gasteiger partial charge on any atom is -0.496 e. The average molecular weight is 354 g/mol. The molecule has 0 aliphatic carbocycles. The molecule has 1 aliphatic rings. The lowest BCUT2D eigenvalue weighted by Crippen LogP contribution is -2.40. The van der Waals surface area contributed by atoms with Gasteiger partial charge in [-0.25, -0.2) is 0 Å². The summed E-state index contributed by atoms with van der Waals surface area (Å²) in [4.78, 5) is 15.1. The predicted molar refractivity (Wildman–Crippen MR) is 107 cm³/mol. The van der Waals surface area contributed by atoms with Crippen molar-refractivity contribution in [2.75, 3.05) is 33.3 Å². The van der Waals surface area contributed by atoms with Crippen molar-refractivity contribution in [3.63, 3.8) is 0 Å². The van der Waals surface area contributed by atoms with Crippen molar-refractivity contribution in [3.05, 3.63) is 42.0 Å². The number of methoxy groups -OCH3 is 1. The van der Waals surface area contributed by atoms with E-state index in [1.807, 2.05) is 36.4 Å². The highest BCUT2D eigenvalue weighted by Crippen LogP contribution is 2.26. The summed E-state index contributed by atoms with van der Waals surface area (Å²) in [7, 11) is 1.61. The zero-order valence-electron chi connectivity index (χ0n) is 16.1. The van der Waals surface area contributed by atoms with E-state index in [9.17, 15) is 4.79 Å². The van der Waals surface area contributed by atoms with Crippen LogP contribution in [0.5, 0.6) is 5.75 Å². The van der Waals surface area contributed by atoms with E-state index in [0.717, 1.165) is 35.6 Å². The van der Waals surface area contributed by atoms with Gasteiger partial charge in [0.1, 0.15) is 5.75 Å². The second-order valence-corrected chi connectivity index (χ2v) is 7.71. The smallest absolute Gasteiger partial charge is 0.255 e. The Labute approximate surface area is 156 Å². The van der Waals surface area contributed by atoms with Crippen molar-refractivity contribution in [3.8, 4) is 5.75 Å². The molecule has 0 aromatic heterocycles. The van der Waals surface area contributed by atoms with Crippen molar-refractivity contribution in [1.82, 2.24) is 10.2 Å². The molecule has 2 aromatic carbocycles. The number of ether oxygens (including phenoxy) is 1. The molecule has 1 saturated heterocycles. The van der Waals surface area contributed by atoms with E-state index >= 15 is 0 Å². The number of nitrogens with one attached hydrogen (secondary N) is 1. The SMILES string of the molecule is COc1cc2ccccc2cc1C(=O)NCCCN1C[C@@H](C)C[C@H](C)C1. The maximum Gasteiger partial charge on any atom is 0.255 e. The van der Waals surface area contributed by atoms with Crippen LogP contribution >= 0.6 is 0 Å². The van der Waals surface area contributed by atoms with Gasteiger partial charge in [-0.15, -0.1) is 0 Å². The number of amides is 1. The minimum atomic E-state index is -0.0621. The second kappa shape index (κ2) is 8.54. The van der Waals surface area contributed by atoms with E-state index in [1.165, 1.54) is 19.5 Å². The first-order valence-electron chi connectivity index (χ1n) is 9.64. The van der Waals surface area contributed by atoms with Gasteiger partial charge in [0.05, 0.1) is 12.7 Å². The fourth-order valence-electron chi connectivity index (χ4n) is 4.14. The molecule has 2 aromatic rings. The number of rotatable bonds is 6. The molecule has 0 bridgehead atoms. The quantitative estimate of drug-likeness (QED) is 0.799. The molecule has 1 amide bonds. The Morgan fingerprint density at radius 1 is 1.15 bits per heavy atom. The van der Waals surface area contributed by atoms with Crippen LogP contribution in [0.2, 0.25) is 0 Å². The van der Waals surface area contributed by atoms with Gasteiger partial charge in [-0.05, 0) is 54.1 Å². The molecule has 1 N–H and O–H groups in total. The molecule has 4 heteroatoms. The number of benzene rings is 2. The van der Waals surface area contributed by atoms with Crippen LogP contribution in [0, 0.1) is 11.8 Å². The molecule has 26 heavy (non-hydrogen) atoms. The first kappa shape index (κ1) is 18.7. The van der Waals surface area contributed by atoms with E-state index in [4.69, 9.17) is 4.74 Å². The monoisotopic (exact) mass is 354 g/mol. The zero-order valence-corrected chi connectivity index (χ0v) is 16.1. The van der Waals surface area contributed by atoms with Crippen LogP contribution < -0.4 is 10.1 Å². The first-order chi connectivity index (χ1) is 12.6.